The van der Waals surface area contributed by atoms with Crippen LogP contribution in [-0.2, 0) is 4.79 Å². The van der Waals surface area contributed by atoms with Crippen LogP contribution in [0.3, 0.4) is 0 Å². The third-order valence-electron chi connectivity index (χ3n) is 2.64. The van der Waals surface area contributed by atoms with E-state index >= 15 is 0 Å². The number of benzene rings is 1. The van der Waals surface area contributed by atoms with E-state index in [4.69, 9.17) is 5.73 Å². The lowest BCUT2D eigenvalue weighted by molar-refractivity contribution is -0.116. The van der Waals surface area contributed by atoms with E-state index in [-0.39, 0.29) is 17.9 Å². The van der Waals surface area contributed by atoms with E-state index in [1.165, 1.54) is 12.4 Å². The lowest BCUT2D eigenvalue weighted by Crippen LogP contribution is -2.17. The number of amides is 1. The van der Waals surface area contributed by atoms with Crippen LogP contribution < -0.4 is 11.1 Å². The maximum atomic E-state index is 11.7. The SMILES string of the molecule is NC(CCC(=O)Nc1nccnn1)c1ccccc1. The highest BCUT2D eigenvalue weighted by atomic mass is 16.1. The van der Waals surface area contributed by atoms with Gasteiger partial charge >= 0.3 is 0 Å². The molecule has 2 aromatic rings. The highest BCUT2D eigenvalue weighted by Crippen LogP contribution is 2.15. The Balaban J connectivity index is 1.81. The van der Waals surface area contributed by atoms with Crippen LogP contribution in [0, 0.1) is 0 Å². The Labute approximate surface area is 111 Å². The zero-order chi connectivity index (χ0) is 13.5. The zero-order valence-corrected chi connectivity index (χ0v) is 10.4. The average Bonchev–Trinajstić information content (AvgIpc) is 2.47. The molecule has 1 aromatic carbocycles. The Morgan fingerprint density at radius 1 is 1.26 bits per heavy atom. The maximum absolute atomic E-state index is 11.7. The first-order valence-electron chi connectivity index (χ1n) is 6.00. The number of nitrogens with zero attached hydrogens (tertiary/aromatic N) is 3. The summed E-state index contributed by atoms with van der Waals surface area (Å²) in [6.07, 6.45) is 3.80. The normalized spacial score (nSPS) is 11.8. The number of hydrogen-bond acceptors (Lipinski definition) is 5. The lowest BCUT2D eigenvalue weighted by Gasteiger charge is -2.11. The number of nitrogens with two attached hydrogens (primary N) is 1. The molecule has 0 aliphatic carbocycles. The van der Waals surface area contributed by atoms with Crippen molar-refractivity contribution < 1.29 is 4.79 Å². The minimum atomic E-state index is -0.167. The molecule has 1 aromatic heterocycles. The van der Waals surface area contributed by atoms with Gasteiger partial charge < -0.3 is 5.73 Å². The fourth-order valence-corrected chi connectivity index (χ4v) is 1.65. The van der Waals surface area contributed by atoms with Crippen LogP contribution in [0.1, 0.15) is 24.4 Å². The Morgan fingerprint density at radius 2 is 2.05 bits per heavy atom. The molecule has 2 rings (SSSR count). The summed E-state index contributed by atoms with van der Waals surface area (Å²) in [6, 6.07) is 9.54. The predicted octanol–water partition coefficient (Wildman–Crippen LogP) is 1.29. The second-order valence-electron chi connectivity index (χ2n) is 4.07. The Bertz CT molecular complexity index is 517. The fourth-order valence-electron chi connectivity index (χ4n) is 1.65. The minimum absolute atomic E-state index is 0.151. The van der Waals surface area contributed by atoms with E-state index < -0.39 is 0 Å². The van der Waals surface area contributed by atoms with Crippen LogP contribution in [0.4, 0.5) is 5.95 Å². The Morgan fingerprint density at radius 3 is 2.74 bits per heavy atom. The summed E-state index contributed by atoms with van der Waals surface area (Å²) in [6.45, 7) is 0. The van der Waals surface area contributed by atoms with Crippen molar-refractivity contribution in [3.05, 3.63) is 48.3 Å². The second-order valence-corrected chi connectivity index (χ2v) is 4.07. The van der Waals surface area contributed by atoms with Crippen molar-refractivity contribution in [2.45, 2.75) is 18.9 Å². The summed E-state index contributed by atoms with van der Waals surface area (Å²) < 4.78 is 0. The van der Waals surface area contributed by atoms with E-state index in [0.29, 0.717) is 12.8 Å². The van der Waals surface area contributed by atoms with Gasteiger partial charge in [0.25, 0.3) is 0 Å². The van der Waals surface area contributed by atoms with Crippen LogP contribution in [0.25, 0.3) is 0 Å². The van der Waals surface area contributed by atoms with Crippen LogP contribution in [0.2, 0.25) is 0 Å². The molecule has 0 spiro atoms. The van der Waals surface area contributed by atoms with Crippen molar-refractivity contribution >= 4 is 11.9 Å². The molecular formula is C13H15N5O. The van der Waals surface area contributed by atoms with Crippen molar-refractivity contribution in [2.75, 3.05) is 5.32 Å². The molecule has 19 heavy (non-hydrogen) atoms. The number of carbonyl (C=O) groups excluding carboxylic acids is 1. The summed E-state index contributed by atoms with van der Waals surface area (Å²) in [5, 5.41) is 9.88. The van der Waals surface area contributed by atoms with Crippen LogP contribution in [-0.4, -0.2) is 21.1 Å². The van der Waals surface area contributed by atoms with Gasteiger partial charge in [-0.05, 0) is 12.0 Å². The molecule has 3 N–H and O–H groups in total. The maximum Gasteiger partial charge on any atom is 0.249 e. The molecule has 1 unspecified atom stereocenters. The Hall–Kier alpha value is -2.34. The number of anilines is 1. The summed E-state index contributed by atoms with van der Waals surface area (Å²) in [5.74, 6) is 0.0418. The number of rotatable bonds is 5. The number of aromatic nitrogens is 3. The molecule has 0 saturated heterocycles. The molecule has 1 atom stereocenters. The molecule has 98 valence electrons. The molecule has 0 saturated carbocycles. The van der Waals surface area contributed by atoms with Gasteiger partial charge in [0.2, 0.25) is 11.9 Å². The molecule has 1 heterocycles. The van der Waals surface area contributed by atoms with Gasteiger partial charge in [0.15, 0.2) is 0 Å². The van der Waals surface area contributed by atoms with Crippen molar-refractivity contribution in [2.24, 2.45) is 5.73 Å². The third kappa shape index (κ3) is 4.11. The lowest BCUT2D eigenvalue weighted by atomic mass is 10.0. The standard InChI is InChI=1S/C13H15N5O/c14-11(10-4-2-1-3-5-10)6-7-12(19)17-13-15-8-9-16-18-13/h1-5,8-9,11H,6-7,14H2,(H,15,17,18,19). The van der Waals surface area contributed by atoms with Crippen molar-refractivity contribution in [1.82, 2.24) is 15.2 Å². The molecule has 0 radical (unpaired) electrons. The Kier molecular flexibility index (Phi) is 4.52. The molecular weight excluding hydrogens is 242 g/mol. The molecule has 6 heteroatoms. The van der Waals surface area contributed by atoms with Gasteiger partial charge in [0, 0.05) is 12.5 Å². The molecule has 0 aliphatic heterocycles. The second kappa shape index (κ2) is 6.55. The highest BCUT2D eigenvalue weighted by Gasteiger charge is 2.09. The molecule has 1 amide bonds. The summed E-state index contributed by atoms with van der Waals surface area (Å²) in [7, 11) is 0. The van der Waals surface area contributed by atoms with E-state index in [1.807, 2.05) is 30.3 Å². The van der Waals surface area contributed by atoms with Gasteiger partial charge in [0.05, 0.1) is 12.4 Å². The van der Waals surface area contributed by atoms with Gasteiger partial charge in [-0.1, -0.05) is 30.3 Å². The number of hydrogen-bond donors (Lipinski definition) is 2. The molecule has 6 nitrogen and oxygen atoms in total. The van der Waals surface area contributed by atoms with Crippen molar-refractivity contribution in [3.8, 4) is 0 Å². The van der Waals surface area contributed by atoms with E-state index in [0.717, 1.165) is 5.56 Å². The largest absolute Gasteiger partial charge is 0.324 e. The third-order valence-corrected chi connectivity index (χ3v) is 2.64. The van der Waals surface area contributed by atoms with Crippen LogP contribution in [0.5, 0.6) is 0 Å². The van der Waals surface area contributed by atoms with Gasteiger partial charge in [-0.2, -0.15) is 5.10 Å². The predicted molar refractivity (Wildman–Crippen MR) is 71.1 cm³/mol. The first-order chi connectivity index (χ1) is 9.25. The van der Waals surface area contributed by atoms with Crippen LogP contribution in [0.15, 0.2) is 42.7 Å². The van der Waals surface area contributed by atoms with E-state index in [1.54, 1.807) is 0 Å². The van der Waals surface area contributed by atoms with E-state index in [2.05, 4.69) is 20.5 Å². The first kappa shape index (κ1) is 13.1. The zero-order valence-electron chi connectivity index (χ0n) is 10.4. The van der Waals surface area contributed by atoms with Gasteiger partial charge in [-0.3, -0.25) is 10.1 Å². The fraction of sp³-hybridized carbons (Fsp3) is 0.231. The summed E-state index contributed by atoms with van der Waals surface area (Å²) in [4.78, 5) is 15.5. The van der Waals surface area contributed by atoms with Crippen molar-refractivity contribution in [1.29, 1.82) is 0 Å². The quantitative estimate of drug-likeness (QED) is 0.841. The van der Waals surface area contributed by atoms with Gasteiger partial charge in [0.1, 0.15) is 0 Å². The monoisotopic (exact) mass is 257 g/mol. The van der Waals surface area contributed by atoms with Gasteiger partial charge in [-0.25, -0.2) is 4.98 Å². The van der Waals surface area contributed by atoms with Gasteiger partial charge in [-0.15, -0.1) is 5.10 Å². The average molecular weight is 257 g/mol. The summed E-state index contributed by atoms with van der Waals surface area (Å²) >= 11 is 0. The number of nitrogens with one attached hydrogen (secondary N) is 1. The van der Waals surface area contributed by atoms with Crippen LogP contribution >= 0.6 is 0 Å². The smallest absolute Gasteiger partial charge is 0.249 e. The van der Waals surface area contributed by atoms with Crippen molar-refractivity contribution in [3.63, 3.8) is 0 Å². The highest BCUT2D eigenvalue weighted by molar-refractivity contribution is 5.88. The summed E-state index contributed by atoms with van der Waals surface area (Å²) in [5.41, 5.74) is 7.03. The minimum Gasteiger partial charge on any atom is -0.324 e. The molecule has 0 aliphatic rings. The van der Waals surface area contributed by atoms with E-state index in [9.17, 15) is 4.79 Å². The molecule has 0 bridgehead atoms. The first-order valence-corrected chi connectivity index (χ1v) is 6.00. The topological polar surface area (TPSA) is 93.8 Å². The number of carbonyl (C=O) groups is 1. The molecule has 0 fully saturated rings.